The summed E-state index contributed by atoms with van der Waals surface area (Å²) in [7, 11) is -3.31. The summed E-state index contributed by atoms with van der Waals surface area (Å²) in [6.45, 7) is 0.889. The standard InChI is InChI=1S/C16H19NO3S/c1-21(19,20)16-10-6-5-9-15(16)17(11-12-18)13-14-7-3-2-4-8-14/h2-10,18H,11-13H2,1H3. The van der Waals surface area contributed by atoms with E-state index in [9.17, 15) is 13.5 Å². The van der Waals surface area contributed by atoms with Gasteiger partial charge in [-0.2, -0.15) is 0 Å². The minimum Gasteiger partial charge on any atom is -0.395 e. The Balaban J connectivity index is 2.39. The van der Waals surface area contributed by atoms with Crippen LogP contribution < -0.4 is 4.90 Å². The van der Waals surface area contributed by atoms with Crippen molar-refractivity contribution < 1.29 is 13.5 Å². The van der Waals surface area contributed by atoms with Gasteiger partial charge in [0.1, 0.15) is 0 Å². The summed E-state index contributed by atoms with van der Waals surface area (Å²) in [5, 5.41) is 9.28. The Hall–Kier alpha value is -1.85. The van der Waals surface area contributed by atoms with Crippen LogP contribution in [-0.4, -0.2) is 32.9 Å². The van der Waals surface area contributed by atoms with Crippen LogP contribution in [0.1, 0.15) is 5.56 Å². The van der Waals surface area contributed by atoms with Crippen LogP contribution >= 0.6 is 0 Å². The first-order chi connectivity index (χ1) is 10.0. The molecule has 0 unspecified atom stereocenters. The van der Waals surface area contributed by atoms with Gasteiger partial charge in [0.25, 0.3) is 0 Å². The highest BCUT2D eigenvalue weighted by Gasteiger charge is 2.17. The molecule has 0 fully saturated rings. The van der Waals surface area contributed by atoms with Crippen molar-refractivity contribution in [2.45, 2.75) is 11.4 Å². The van der Waals surface area contributed by atoms with Gasteiger partial charge in [-0.25, -0.2) is 8.42 Å². The maximum absolute atomic E-state index is 11.9. The highest BCUT2D eigenvalue weighted by molar-refractivity contribution is 7.90. The van der Waals surface area contributed by atoms with Crippen LogP contribution in [0.3, 0.4) is 0 Å². The van der Waals surface area contributed by atoms with Crippen molar-refractivity contribution in [3.05, 3.63) is 60.2 Å². The molecule has 0 bridgehead atoms. The van der Waals surface area contributed by atoms with Gasteiger partial charge in [-0.15, -0.1) is 0 Å². The molecular formula is C16H19NO3S. The number of benzene rings is 2. The van der Waals surface area contributed by atoms with E-state index in [0.29, 0.717) is 18.8 Å². The predicted octanol–water partition coefficient (Wildman–Crippen LogP) is 2.09. The summed E-state index contributed by atoms with van der Waals surface area (Å²) in [4.78, 5) is 2.17. The van der Waals surface area contributed by atoms with Crippen LogP contribution in [0.2, 0.25) is 0 Å². The predicted molar refractivity (Wildman–Crippen MR) is 84.1 cm³/mol. The zero-order valence-electron chi connectivity index (χ0n) is 11.9. The van der Waals surface area contributed by atoms with E-state index in [0.717, 1.165) is 5.56 Å². The van der Waals surface area contributed by atoms with Crippen LogP contribution in [-0.2, 0) is 16.4 Å². The van der Waals surface area contributed by atoms with Gasteiger partial charge in [-0.3, -0.25) is 0 Å². The largest absolute Gasteiger partial charge is 0.395 e. The monoisotopic (exact) mass is 305 g/mol. The van der Waals surface area contributed by atoms with E-state index >= 15 is 0 Å². The number of para-hydroxylation sites is 1. The second-order valence-electron chi connectivity index (χ2n) is 4.87. The fourth-order valence-corrected chi connectivity index (χ4v) is 3.14. The Bertz CT molecular complexity index is 684. The molecule has 1 N–H and O–H groups in total. The molecule has 112 valence electrons. The average Bonchev–Trinajstić information content (AvgIpc) is 2.47. The maximum Gasteiger partial charge on any atom is 0.177 e. The molecule has 0 aromatic heterocycles. The molecule has 0 saturated heterocycles. The van der Waals surface area contributed by atoms with Gasteiger partial charge in [-0.1, -0.05) is 42.5 Å². The first-order valence-corrected chi connectivity index (χ1v) is 8.60. The molecule has 0 aliphatic heterocycles. The normalized spacial score (nSPS) is 11.3. The van der Waals surface area contributed by atoms with E-state index in [1.807, 2.05) is 35.2 Å². The Morgan fingerprint density at radius 2 is 1.62 bits per heavy atom. The van der Waals surface area contributed by atoms with Crippen molar-refractivity contribution in [2.24, 2.45) is 0 Å². The van der Waals surface area contributed by atoms with Gasteiger partial charge < -0.3 is 10.0 Å². The lowest BCUT2D eigenvalue weighted by Gasteiger charge is -2.26. The second-order valence-corrected chi connectivity index (χ2v) is 6.85. The minimum atomic E-state index is -3.31. The summed E-state index contributed by atoms with van der Waals surface area (Å²) in [5.74, 6) is 0. The molecule has 0 saturated carbocycles. The minimum absolute atomic E-state index is 0.0368. The van der Waals surface area contributed by atoms with Crippen LogP contribution in [0.25, 0.3) is 0 Å². The Morgan fingerprint density at radius 3 is 2.24 bits per heavy atom. The first kappa shape index (κ1) is 15.5. The van der Waals surface area contributed by atoms with Crippen molar-refractivity contribution in [3.8, 4) is 0 Å². The van der Waals surface area contributed by atoms with Crippen molar-refractivity contribution >= 4 is 15.5 Å². The summed E-state index contributed by atoms with van der Waals surface area (Å²) >= 11 is 0. The number of aliphatic hydroxyl groups is 1. The number of hydrogen-bond acceptors (Lipinski definition) is 4. The summed E-state index contributed by atoms with van der Waals surface area (Å²) in [5.41, 5.74) is 1.69. The third-order valence-corrected chi connectivity index (χ3v) is 4.34. The highest BCUT2D eigenvalue weighted by atomic mass is 32.2. The highest BCUT2D eigenvalue weighted by Crippen LogP contribution is 2.26. The van der Waals surface area contributed by atoms with E-state index < -0.39 is 9.84 Å². The third kappa shape index (κ3) is 4.06. The zero-order chi connectivity index (χ0) is 15.3. The summed E-state index contributed by atoms with van der Waals surface area (Å²) < 4.78 is 23.9. The molecule has 0 aliphatic carbocycles. The Labute approximate surface area is 125 Å². The molecule has 2 aromatic carbocycles. The molecule has 21 heavy (non-hydrogen) atoms. The molecule has 2 rings (SSSR count). The van der Waals surface area contributed by atoms with Gasteiger partial charge in [0.05, 0.1) is 17.2 Å². The molecule has 4 nitrogen and oxygen atoms in total. The number of hydrogen-bond donors (Lipinski definition) is 1. The lowest BCUT2D eigenvalue weighted by molar-refractivity contribution is 0.301. The van der Waals surface area contributed by atoms with Crippen molar-refractivity contribution in [2.75, 3.05) is 24.3 Å². The molecule has 2 aromatic rings. The number of anilines is 1. The average molecular weight is 305 g/mol. The SMILES string of the molecule is CS(=O)(=O)c1ccccc1N(CCO)Cc1ccccc1. The van der Waals surface area contributed by atoms with Crippen molar-refractivity contribution in [1.82, 2.24) is 0 Å². The molecule has 0 spiro atoms. The van der Waals surface area contributed by atoms with E-state index in [1.54, 1.807) is 24.3 Å². The molecule has 5 heteroatoms. The lowest BCUT2D eigenvalue weighted by Crippen LogP contribution is -2.27. The maximum atomic E-state index is 11.9. The van der Waals surface area contributed by atoms with Gasteiger partial charge in [0.2, 0.25) is 0 Å². The van der Waals surface area contributed by atoms with E-state index in [2.05, 4.69) is 0 Å². The Morgan fingerprint density at radius 1 is 1.00 bits per heavy atom. The van der Waals surface area contributed by atoms with Crippen LogP contribution in [0.15, 0.2) is 59.5 Å². The molecule has 0 radical (unpaired) electrons. The fourth-order valence-electron chi connectivity index (χ4n) is 2.24. The van der Waals surface area contributed by atoms with Crippen molar-refractivity contribution in [1.29, 1.82) is 0 Å². The number of nitrogens with zero attached hydrogens (tertiary/aromatic N) is 1. The zero-order valence-corrected chi connectivity index (χ0v) is 12.8. The molecular weight excluding hydrogens is 286 g/mol. The second kappa shape index (κ2) is 6.74. The summed E-state index contributed by atoms with van der Waals surface area (Å²) in [6, 6.07) is 16.7. The summed E-state index contributed by atoms with van der Waals surface area (Å²) in [6.07, 6.45) is 1.20. The number of rotatable bonds is 6. The quantitative estimate of drug-likeness (QED) is 0.888. The lowest BCUT2D eigenvalue weighted by atomic mass is 10.2. The fraction of sp³-hybridized carbons (Fsp3) is 0.250. The first-order valence-electron chi connectivity index (χ1n) is 6.71. The number of aliphatic hydroxyl groups excluding tert-OH is 1. The smallest absolute Gasteiger partial charge is 0.177 e. The van der Waals surface area contributed by atoms with Crippen molar-refractivity contribution in [3.63, 3.8) is 0 Å². The molecule has 0 atom stereocenters. The topological polar surface area (TPSA) is 57.6 Å². The van der Waals surface area contributed by atoms with E-state index in [4.69, 9.17) is 0 Å². The Kier molecular flexibility index (Phi) is 4.98. The molecule has 0 aliphatic rings. The van der Waals surface area contributed by atoms with E-state index in [-0.39, 0.29) is 11.5 Å². The van der Waals surface area contributed by atoms with Gasteiger partial charge >= 0.3 is 0 Å². The van der Waals surface area contributed by atoms with E-state index in [1.165, 1.54) is 6.26 Å². The van der Waals surface area contributed by atoms with Crippen LogP contribution in [0.4, 0.5) is 5.69 Å². The van der Waals surface area contributed by atoms with Gasteiger partial charge in [0.15, 0.2) is 9.84 Å². The van der Waals surface area contributed by atoms with Crippen LogP contribution in [0.5, 0.6) is 0 Å². The van der Waals surface area contributed by atoms with Gasteiger partial charge in [-0.05, 0) is 17.7 Å². The van der Waals surface area contributed by atoms with Gasteiger partial charge in [0, 0.05) is 19.3 Å². The molecule has 0 amide bonds. The third-order valence-electron chi connectivity index (χ3n) is 3.19. The molecule has 0 heterocycles. The van der Waals surface area contributed by atoms with Crippen LogP contribution in [0, 0.1) is 0 Å². The number of sulfone groups is 1.